The van der Waals surface area contributed by atoms with Crippen LogP contribution in [0.1, 0.15) is 62.6 Å². The van der Waals surface area contributed by atoms with Gasteiger partial charge in [0.25, 0.3) is 0 Å². The maximum absolute atomic E-state index is 12.8. The fourth-order valence-electron chi connectivity index (χ4n) is 2.34. The molecule has 0 fully saturated rings. The van der Waals surface area contributed by atoms with E-state index in [1.807, 2.05) is 6.92 Å². The Bertz CT molecular complexity index is 552. The first-order valence-electron chi connectivity index (χ1n) is 8.06. The van der Waals surface area contributed by atoms with E-state index in [-0.39, 0.29) is 11.6 Å². The number of aliphatic hydroxyl groups is 1. The Morgan fingerprint density at radius 2 is 1.40 bits per heavy atom. The largest absolute Gasteiger partial charge is 0.416 e. The smallest absolute Gasteiger partial charge is 0.386 e. The lowest BCUT2D eigenvalue weighted by Crippen LogP contribution is -2.20. The van der Waals surface area contributed by atoms with Crippen molar-refractivity contribution < 1.29 is 31.4 Å². The van der Waals surface area contributed by atoms with E-state index < -0.39 is 29.1 Å². The van der Waals surface area contributed by atoms with Crippen LogP contribution >= 0.6 is 0 Å². The van der Waals surface area contributed by atoms with Crippen LogP contribution < -0.4 is 0 Å². The second-order valence-corrected chi connectivity index (χ2v) is 6.34. The first kappa shape index (κ1) is 21.5. The number of hydrogen-bond acceptors (Lipinski definition) is 1. The second-order valence-electron chi connectivity index (χ2n) is 6.34. The standard InChI is InChI=1S/C18H22F6O/c1-3-4-5-6-8-16(2,25)9-7-13-10-14(17(19,20)21)12-15(11-13)18(22,23)24/h7,9-12,25H,3-6,8H2,1-2H3/b9-7+/t16-/m0/s1. The summed E-state index contributed by atoms with van der Waals surface area (Å²) in [5.41, 5.74) is -4.29. The Hall–Kier alpha value is -1.50. The molecule has 1 N–H and O–H groups in total. The molecule has 0 bridgehead atoms. The van der Waals surface area contributed by atoms with E-state index >= 15 is 0 Å². The molecule has 7 heteroatoms. The van der Waals surface area contributed by atoms with E-state index in [9.17, 15) is 31.4 Å². The van der Waals surface area contributed by atoms with Gasteiger partial charge < -0.3 is 5.11 Å². The lowest BCUT2D eigenvalue weighted by Gasteiger charge is -2.19. The molecule has 0 amide bonds. The minimum Gasteiger partial charge on any atom is -0.386 e. The van der Waals surface area contributed by atoms with E-state index in [2.05, 4.69) is 0 Å². The molecular formula is C18H22F6O. The predicted octanol–water partition coefficient (Wildman–Crippen LogP) is 6.46. The minimum atomic E-state index is -4.88. The number of alkyl halides is 6. The van der Waals surface area contributed by atoms with Crippen LogP contribution in [0.15, 0.2) is 24.3 Å². The maximum Gasteiger partial charge on any atom is 0.416 e. The lowest BCUT2D eigenvalue weighted by atomic mass is 9.96. The quantitative estimate of drug-likeness (QED) is 0.433. The summed E-state index contributed by atoms with van der Waals surface area (Å²) < 4.78 is 76.9. The van der Waals surface area contributed by atoms with Crippen LogP contribution in [-0.4, -0.2) is 10.7 Å². The van der Waals surface area contributed by atoms with Gasteiger partial charge in [0, 0.05) is 0 Å². The molecule has 0 spiro atoms. The summed E-state index contributed by atoms with van der Waals surface area (Å²) in [6, 6.07) is 1.36. The van der Waals surface area contributed by atoms with Gasteiger partial charge in [-0.3, -0.25) is 0 Å². The van der Waals surface area contributed by atoms with Gasteiger partial charge in [0.15, 0.2) is 0 Å². The molecule has 25 heavy (non-hydrogen) atoms. The van der Waals surface area contributed by atoms with E-state index in [4.69, 9.17) is 0 Å². The van der Waals surface area contributed by atoms with Crippen molar-refractivity contribution in [1.29, 1.82) is 0 Å². The van der Waals surface area contributed by atoms with Gasteiger partial charge in [-0.05, 0) is 37.1 Å². The Kier molecular flexibility index (Phi) is 7.11. The van der Waals surface area contributed by atoms with Gasteiger partial charge >= 0.3 is 12.4 Å². The molecule has 0 saturated carbocycles. The molecule has 1 aromatic carbocycles. The Morgan fingerprint density at radius 3 is 1.84 bits per heavy atom. The number of hydrogen-bond donors (Lipinski definition) is 1. The first-order chi connectivity index (χ1) is 11.3. The van der Waals surface area contributed by atoms with Gasteiger partial charge in [0.2, 0.25) is 0 Å². The first-order valence-corrected chi connectivity index (χ1v) is 8.06. The zero-order valence-electron chi connectivity index (χ0n) is 14.1. The average molecular weight is 368 g/mol. The van der Waals surface area contributed by atoms with Crippen molar-refractivity contribution in [3.05, 3.63) is 41.0 Å². The monoisotopic (exact) mass is 368 g/mol. The van der Waals surface area contributed by atoms with Crippen molar-refractivity contribution in [2.75, 3.05) is 0 Å². The van der Waals surface area contributed by atoms with Crippen molar-refractivity contribution in [3.63, 3.8) is 0 Å². The third-order valence-electron chi connectivity index (χ3n) is 3.78. The molecule has 1 atom stereocenters. The van der Waals surface area contributed by atoms with Crippen LogP contribution in [0.4, 0.5) is 26.3 Å². The Balaban J connectivity index is 3.03. The highest BCUT2D eigenvalue weighted by atomic mass is 19.4. The van der Waals surface area contributed by atoms with Crippen LogP contribution in [0.3, 0.4) is 0 Å². The molecule has 0 heterocycles. The highest BCUT2D eigenvalue weighted by molar-refractivity contribution is 5.54. The summed E-state index contributed by atoms with van der Waals surface area (Å²) in [4.78, 5) is 0. The topological polar surface area (TPSA) is 20.2 Å². The molecule has 0 aromatic heterocycles. The van der Waals surface area contributed by atoms with Crippen LogP contribution in [0.2, 0.25) is 0 Å². The third kappa shape index (κ3) is 7.50. The molecule has 0 radical (unpaired) electrons. The van der Waals surface area contributed by atoms with Crippen molar-refractivity contribution in [3.8, 4) is 0 Å². The van der Waals surface area contributed by atoms with Gasteiger partial charge in [-0.15, -0.1) is 0 Å². The predicted molar refractivity (Wildman–Crippen MR) is 84.9 cm³/mol. The van der Waals surface area contributed by atoms with Gasteiger partial charge in [-0.25, -0.2) is 0 Å². The highest BCUT2D eigenvalue weighted by Crippen LogP contribution is 2.36. The van der Waals surface area contributed by atoms with Crippen LogP contribution in [0.25, 0.3) is 6.08 Å². The SMILES string of the molecule is CCCCCC[C@](C)(O)/C=C/c1cc(C(F)(F)F)cc(C(F)(F)F)c1. The number of benzene rings is 1. The Labute approximate surface area is 143 Å². The summed E-state index contributed by atoms with van der Waals surface area (Å²) in [7, 11) is 0. The number of rotatable bonds is 7. The molecular weight excluding hydrogens is 346 g/mol. The van der Waals surface area contributed by atoms with Crippen molar-refractivity contribution in [2.24, 2.45) is 0 Å². The number of unbranched alkanes of at least 4 members (excludes halogenated alkanes) is 3. The molecule has 0 unspecified atom stereocenters. The summed E-state index contributed by atoms with van der Waals surface area (Å²) in [6.45, 7) is 3.51. The summed E-state index contributed by atoms with van der Waals surface area (Å²) in [5.74, 6) is 0. The Morgan fingerprint density at radius 1 is 0.880 bits per heavy atom. The van der Waals surface area contributed by atoms with Gasteiger partial charge in [0.05, 0.1) is 16.7 Å². The molecule has 0 saturated heterocycles. The third-order valence-corrected chi connectivity index (χ3v) is 3.78. The fourth-order valence-corrected chi connectivity index (χ4v) is 2.34. The molecule has 1 nitrogen and oxygen atoms in total. The highest BCUT2D eigenvalue weighted by Gasteiger charge is 2.36. The molecule has 0 aliphatic rings. The summed E-state index contributed by atoms with van der Waals surface area (Å²) in [5, 5.41) is 10.2. The minimum absolute atomic E-state index is 0.0836. The van der Waals surface area contributed by atoms with E-state index in [0.29, 0.717) is 18.6 Å². The van der Waals surface area contributed by atoms with Crippen molar-refractivity contribution in [2.45, 2.75) is 63.9 Å². The van der Waals surface area contributed by atoms with Gasteiger partial charge in [-0.2, -0.15) is 26.3 Å². The lowest BCUT2D eigenvalue weighted by molar-refractivity contribution is -0.143. The fraction of sp³-hybridized carbons (Fsp3) is 0.556. The van der Waals surface area contributed by atoms with Crippen LogP contribution in [0, 0.1) is 0 Å². The average Bonchev–Trinajstić information content (AvgIpc) is 2.48. The normalized spacial score (nSPS) is 15.6. The molecule has 1 aromatic rings. The van der Waals surface area contributed by atoms with Gasteiger partial charge in [-0.1, -0.05) is 44.8 Å². The molecule has 142 valence electrons. The van der Waals surface area contributed by atoms with E-state index in [0.717, 1.165) is 31.8 Å². The zero-order chi connectivity index (χ0) is 19.3. The van der Waals surface area contributed by atoms with E-state index in [1.165, 1.54) is 13.0 Å². The van der Waals surface area contributed by atoms with Crippen LogP contribution in [0.5, 0.6) is 0 Å². The summed E-state index contributed by atoms with van der Waals surface area (Å²) in [6.07, 6.45) is -3.39. The van der Waals surface area contributed by atoms with Gasteiger partial charge in [0.1, 0.15) is 0 Å². The molecule has 1 rings (SSSR count). The summed E-state index contributed by atoms with van der Waals surface area (Å²) >= 11 is 0. The van der Waals surface area contributed by atoms with Crippen LogP contribution in [-0.2, 0) is 12.4 Å². The molecule has 0 aliphatic carbocycles. The van der Waals surface area contributed by atoms with E-state index in [1.54, 1.807) is 0 Å². The van der Waals surface area contributed by atoms with Crippen molar-refractivity contribution >= 4 is 6.08 Å². The zero-order valence-corrected chi connectivity index (χ0v) is 14.1. The molecule has 0 aliphatic heterocycles. The number of halogens is 6. The maximum atomic E-state index is 12.8. The van der Waals surface area contributed by atoms with Crippen molar-refractivity contribution in [1.82, 2.24) is 0 Å². The second kappa shape index (κ2) is 8.25.